The number of halogens is 2. The molecule has 0 saturated carbocycles. The van der Waals surface area contributed by atoms with Crippen LogP contribution in [0.3, 0.4) is 0 Å². The molecule has 0 aliphatic carbocycles. The highest BCUT2D eigenvalue weighted by Gasteiger charge is 2.13. The zero-order valence-electron chi connectivity index (χ0n) is 16.1. The maximum atomic E-state index is 12.4. The lowest BCUT2D eigenvalue weighted by Crippen LogP contribution is -2.48. The summed E-state index contributed by atoms with van der Waals surface area (Å²) in [6.07, 6.45) is 0. The molecular weight excluding hydrogens is 542 g/mol. The van der Waals surface area contributed by atoms with Crippen molar-refractivity contribution in [1.29, 1.82) is 0 Å². The number of hydrogen-bond donors (Lipinski definition) is 3. The van der Waals surface area contributed by atoms with Gasteiger partial charge in [0.05, 0.1) is 22.7 Å². The van der Waals surface area contributed by atoms with Crippen molar-refractivity contribution in [3.63, 3.8) is 0 Å². The van der Waals surface area contributed by atoms with E-state index in [2.05, 4.69) is 48.0 Å². The fourth-order valence-corrected chi connectivity index (χ4v) is 3.37. The standard InChI is InChI=1S/C19H19Br2N3O5S/c1-27-7-8-29-16-6-4-11(9-14(16)21)17(25)22-19(30)24-23-18(26)12-3-5-15(28-2)13(20)10-12/h3-6,9-10H,7-8H2,1-2H3,(H,23,26)(H2,22,24,25,30). The Hall–Kier alpha value is -2.21. The second kappa shape index (κ2) is 11.8. The lowest BCUT2D eigenvalue weighted by atomic mass is 10.2. The summed E-state index contributed by atoms with van der Waals surface area (Å²) in [6.45, 7) is 0.840. The lowest BCUT2D eigenvalue weighted by Gasteiger charge is -2.12. The number of nitrogens with one attached hydrogen (secondary N) is 3. The van der Waals surface area contributed by atoms with Crippen LogP contribution in [0.4, 0.5) is 0 Å². The second-order valence-electron chi connectivity index (χ2n) is 5.70. The molecule has 0 radical (unpaired) electrons. The Balaban J connectivity index is 1.88. The molecule has 2 aromatic rings. The number of amides is 2. The van der Waals surface area contributed by atoms with Crippen LogP contribution in [0.25, 0.3) is 0 Å². The van der Waals surface area contributed by atoms with Gasteiger partial charge in [0.15, 0.2) is 5.11 Å². The van der Waals surface area contributed by atoms with Gasteiger partial charge in [-0.1, -0.05) is 0 Å². The maximum absolute atomic E-state index is 12.4. The molecule has 0 aromatic heterocycles. The highest BCUT2D eigenvalue weighted by Crippen LogP contribution is 2.26. The summed E-state index contributed by atoms with van der Waals surface area (Å²) in [5.74, 6) is 0.305. The van der Waals surface area contributed by atoms with Crippen LogP contribution in [-0.4, -0.2) is 44.4 Å². The quantitative estimate of drug-likeness (QED) is 0.272. The van der Waals surface area contributed by atoms with Crippen LogP contribution in [0.15, 0.2) is 45.3 Å². The summed E-state index contributed by atoms with van der Waals surface area (Å²) in [4.78, 5) is 24.6. The zero-order chi connectivity index (χ0) is 22.1. The summed E-state index contributed by atoms with van der Waals surface area (Å²) in [5, 5.41) is 2.43. The molecule has 0 aliphatic rings. The van der Waals surface area contributed by atoms with Crippen molar-refractivity contribution in [1.82, 2.24) is 16.2 Å². The van der Waals surface area contributed by atoms with E-state index in [0.29, 0.717) is 44.8 Å². The number of hydrogen-bond acceptors (Lipinski definition) is 6. The monoisotopic (exact) mass is 559 g/mol. The van der Waals surface area contributed by atoms with Crippen molar-refractivity contribution < 1.29 is 23.8 Å². The van der Waals surface area contributed by atoms with Crippen LogP contribution < -0.4 is 25.6 Å². The largest absolute Gasteiger partial charge is 0.496 e. The molecule has 0 aliphatic heterocycles. The molecule has 8 nitrogen and oxygen atoms in total. The average molecular weight is 561 g/mol. The predicted molar refractivity (Wildman–Crippen MR) is 123 cm³/mol. The first-order valence-electron chi connectivity index (χ1n) is 8.52. The first kappa shape index (κ1) is 24.1. The van der Waals surface area contributed by atoms with Crippen LogP contribution in [0.5, 0.6) is 11.5 Å². The highest BCUT2D eigenvalue weighted by atomic mass is 79.9. The molecule has 11 heteroatoms. The fourth-order valence-electron chi connectivity index (χ4n) is 2.19. The van der Waals surface area contributed by atoms with Crippen LogP contribution >= 0.6 is 44.1 Å². The first-order valence-corrected chi connectivity index (χ1v) is 10.5. The van der Waals surface area contributed by atoms with Gasteiger partial charge in [-0.25, -0.2) is 0 Å². The minimum Gasteiger partial charge on any atom is -0.496 e. The van der Waals surface area contributed by atoms with Gasteiger partial charge in [-0.3, -0.25) is 25.8 Å². The topological polar surface area (TPSA) is 97.9 Å². The van der Waals surface area contributed by atoms with Crippen LogP contribution in [-0.2, 0) is 4.74 Å². The van der Waals surface area contributed by atoms with Gasteiger partial charge >= 0.3 is 0 Å². The summed E-state index contributed by atoms with van der Waals surface area (Å²) in [5.41, 5.74) is 5.64. The smallest absolute Gasteiger partial charge is 0.269 e. The van der Waals surface area contributed by atoms with E-state index in [1.165, 1.54) is 7.11 Å². The molecule has 3 N–H and O–H groups in total. The molecule has 0 unspecified atom stereocenters. The van der Waals surface area contributed by atoms with E-state index in [1.54, 1.807) is 43.5 Å². The third-order valence-electron chi connectivity index (χ3n) is 3.67. The zero-order valence-corrected chi connectivity index (χ0v) is 20.1. The molecule has 30 heavy (non-hydrogen) atoms. The van der Waals surface area contributed by atoms with Gasteiger partial charge in [-0.05, 0) is 80.5 Å². The van der Waals surface area contributed by atoms with Gasteiger partial charge in [0.2, 0.25) is 0 Å². The lowest BCUT2D eigenvalue weighted by molar-refractivity contribution is 0.0934. The van der Waals surface area contributed by atoms with E-state index in [-0.39, 0.29) is 5.11 Å². The van der Waals surface area contributed by atoms with Gasteiger partial charge in [0, 0.05) is 18.2 Å². The van der Waals surface area contributed by atoms with Crippen molar-refractivity contribution in [2.24, 2.45) is 0 Å². The Bertz CT molecular complexity index is 942. The van der Waals surface area contributed by atoms with E-state index in [4.69, 9.17) is 26.4 Å². The summed E-state index contributed by atoms with van der Waals surface area (Å²) < 4.78 is 16.8. The molecule has 0 saturated heterocycles. The van der Waals surface area contributed by atoms with Crippen molar-refractivity contribution in [2.45, 2.75) is 0 Å². The van der Waals surface area contributed by atoms with Gasteiger partial charge in [-0.2, -0.15) is 0 Å². The van der Waals surface area contributed by atoms with Crippen molar-refractivity contribution in [3.8, 4) is 11.5 Å². The molecule has 0 spiro atoms. The predicted octanol–water partition coefficient (Wildman–Crippen LogP) is 3.19. The number of carbonyl (C=O) groups is 2. The second-order valence-corrected chi connectivity index (χ2v) is 7.82. The first-order chi connectivity index (χ1) is 14.3. The third kappa shape index (κ3) is 6.94. The van der Waals surface area contributed by atoms with Gasteiger partial charge in [0.1, 0.15) is 18.1 Å². The van der Waals surface area contributed by atoms with Crippen LogP contribution in [0.2, 0.25) is 0 Å². The summed E-state index contributed by atoms with van der Waals surface area (Å²) >= 11 is 11.7. The van der Waals surface area contributed by atoms with E-state index in [9.17, 15) is 9.59 Å². The number of thiocarbonyl (C=S) groups is 1. The van der Waals surface area contributed by atoms with Crippen LogP contribution in [0, 0.1) is 0 Å². The number of rotatable bonds is 7. The molecule has 0 bridgehead atoms. The Kier molecular flexibility index (Phi) is 9.50. The number of ether oxygens (including phenoxy) is 3. The fraction of sp³-hybridized carbons (Fsp3) is 0.211. The third-order valence-corrected chi connectivity index (χ3v) is 5.11. The van der Waals surface area contributed by atoms with E-state index in [0.717, 1.165) is 0 Å². The van der Waals surface area contributed by atoms with E-state index < -0.39 is 11.8 Å². The minimum atomic E-state index is -0.446. The molecule has 2 rings (SSSR count). The van der Waals surface area contributed by atoms with Crippen molar-refractivity contribution >= 4 is 61.0 Å². The molecule has 0 fully saturated rings. The number of benzene rings is 2. The maximum Gasteiger partial charge on any atom is 0.269 e. The molecule has 2 amide bonds. The minimum absolute atomic E-state index is 0.0579. The summed E-state index contributed by atoms with van der Waals surface area (Å²) in [6, 6.07) is 9.71. The number of hydrazine groups is 1. The van der Waals surface area contributed by atoms with Gasteiger partial charge in [-0.15, -0.1) is 0 Å². The Labute approximate surface area is 195 Å². The van der Waals surface area contributed by atoms with Gasteiger partial charge < -0.3 is 14.2 Å². The molecule has 0 atom stereocenters. The van der Waals surface area contributed by atoms with Crippen LogP contribution in [0.1, 0.15) is 20.7 Å². The van der Waals surface area contributed by atoms with E-state index >= 15 is 0 Å². The molecule has 0 heterocycles. The number of methoxy groups -OCH3 is 2. The SMILES string of the molecule is COCCOc1ccc(C(=O)NC(=S)NNC(=O)c2ccc(OC)c(Br)c2)cc1Br. The summed E-state index contributed by atoms with van der Waals surface area (Å²) in [7, 11) is 3.12. The molecule has 2 aromatic carbocycles. The van der Waals surface area contributed by atoms with Crippen molar-refractivity contribution in [2.75, 3.05) is 27.4 Å². The Morgan fingerprint density at radius 2 is 1.50 bits per heavy atom. The Morgan fingerprint density at radius 1 is 0.900 bits per heavy atom. The average Bonchev–Trinajstić information content (AvgIpc) is 2.73. The normalized spacial score (nSPS) is 10.1. The Morgan fingerprint density at radius 3 is 2.07 bits per heavy atom. The highest BCUT2D eigenvalue weighted by molar-refractivity contribution is 9.10. The number of carbonyl (C=O) groups excluding carboxylic acids is 2. The van der Waals surface area contributed by atoms with E-state index in [1.807, 2.05) is 0 Å². The molecule has 160 valence electrons. The molecular formula is C19H19Br2N3O5S. The van der Waals surface area contributed by atoms with Gasteiger partial charge in [0.25, 0.3) is 11.8 Å². The van der Waals surface area contributed by atoms with Crippen molar-refractivity contribution in [3.05, 3.63) is 56.5 Å².